The molecule has 8 nitrogen and oxygen atoms in total. The third-order valence-corrected chi connectivity index (χ3v) is 9.96. The minimum Gasteiger partial charge on any atom is -0.756 e. The molecule has 0 saturated carbocycles. The highest BCUT2D eigenvalue weighted by Gasteiger charge is 2.23. The number of rotatable bonds is 37. The molecular formula is C43H81N2O6P. The lowest BCUT2D eigenvalue weighted by Crippen LogP contribution is -2.45. The molecule has 0 aromatic heterocycles. The number of aliphatic hydroxyl groups is 1. The molecular weight excluding hydrogens is 671 g/mol. The third-order valence-electron chi connectivity index (χ3n) is 9.00. The molecule has 0 fully saturated rings. The number of carbonyl (C=O) groups is 1. The minimum absolute atomic E-state index is 0.0113. The average molecular weight is 753 g/mol. The molecule has 1 amide bonds. The molecule has 0 aromatic carbocycles. The van der Waals surface area contributed by atoms with E-state index in [4.69, 9.17) is 9.05 Å². The number of hydrogen-bond donors (Lipinski definition) is 2. The van der Waals surface area contributed by atoms with E-state index in [9.17, 15) is 19.4 Å². The van der Waals surface area contributed by atoms with Crippen molar-refractivity contribution in [3.8, 4) is 0 Å². The van der Waals surface area contributed by atoms with Gasteiger partial charge in [0.05, 0.1) is 39.9 Å². The van der Waals surface area contributed by atoms with E-state index in [0.717, 1.165) is 51.4 Å². The molecule has 52 heavy (non-hydrogen) atoms. The Labute approximate surface area is 320 Å². The van der Waals surface area contributed by atoms with Crippen LogP contribution in [0.25, 0.3) is 0 Å². The number of phosphoric ester groups is 1. The predicted octanol–water partition coefficient (Wildman–Crippen LogP) is 10.7. The van der Waals surface area contributed by atoms with E-state index in [0.29, 0.717) is 17.4 Å². The Bertz CT molecular complexity index is 991. The van der Waals surface area contributed by atoms with Crippen molar-refractivity contribution in [2.45, 2.75) is 180 Å². The van der Waals surface area contributed by atoms with E-state index in [2.05, 4.69) is 55.6 Å². The lowest BCUT2D eigenvalue weighted by Gasteiger charge is -2.29. The summed E-state index contributed by atoms with van der Waals surface area (Å²) in [5.41, 5.74) is 0. The van der Waals surface area contributed by atoms with Gasteiger partial charge in [0.15, 0.2) is 0 Å². The van der Waals surface area contributed by atoms with Crippen molar-refractivity contribution in [1.82, 2.24) is 5.32 Å². The van der Waals surface area contributed by atoms with Gasteiger partial charge >= 0.3 is 0 Å². The number of unbranched alkanes of at least 4 members (excludes halogenated alkanes) is 18. The van der Waals surface area contributed by atoms with Gasteiger partial charge < -0.3 is 28.8 Å². The van der Waals surface area contributed by atoms with Crippen molar-refractivity contribution in [2.75, 3.05) is 40.9 Å². The zero-order valence-corrected chi connectivity index (χ0v) is 35.1. The maximum Gasteiger partial charge on any atom is 0.268 e. The van der Waals surface area contributed by atoms with Crippen molar-refractivity contribution < 1.29 is 32.9 Å². The Hall–Kier alpha value is -1.54. The quantitative estimate of drug-likeness (QED) is 0.0283. The summed E-state index contributed by atoms with van der Waals surface area (Å²) in [4.78, 5) is 25.2. The number of phosphoric acid groups is 1. The first-order valence-electron chi connectivity index (χ1n) is 21.0. The van der Waals surface area contributed by atoms with Gasteiger partial charge in [0.2, 0.25) is 5.91 Å². The van der Waals surface area contributed by atoms with E-state index in [1.165, 1.54) is 96.3 Å². The first-order valence-corrected chi connectivity index (χ1v) is 22.5. The fraction of sp³-hybridized carbons (Fsp3) is 0.791. The Kier molecular flexibility index (Phi) is 34.1. The molecule has 0 aliphatic carbocycles. The second kappa shape index (κ2) is 35.2. The zero-order chi connectivity index (χ0) is 38.6. The standard InChI is InChI=1S/C43H81N2O6P/c1-6-8-10-12-14-16-18-19-20-21-22-23-24-25-26-27-29-31-33-35-37-43(47)44-41(40-51-52(48,49)50-39-38-45(3,4)5)42(46)36-34-32-30-28-17-15-13-11-9-7-2/h9,11,17,22-23,28,34,36,41-42,46H,6-8,10,12-16,18-21,24-27,29-33,35,37-40H2,1-5H3,(H-,44,47,48,49)/b11-9+,23-22-,28-17+,36-34+. The molecule has 0 heterocycles. The van der Waals surface area contributed by atoms with Crippen LogP contribution in [0.5, 0.6) is 0 Å². The molecule has 304 valence electrons. The Morgan fingerprint density at radius 1 is 0.673 bits per heavy atom. The smallest absolute Gasteiger partial charge is 0.268 e. The highest BCUT2D eigenvalue weighted by atomic mass is 31.2. The SMILES string of the molecule is CC/C=C/CC/C=C/CC/C=C/C(O)C(COP(=O)([O-])OCC[N+](C)(C)C)NC(=O)CCCCCCCCC/C=C\CCCCCCCCCCC. The third kappa shape index (κ3) is 36.8. The van der Waals surface area contributed by atoms with Crippen LogP contribution in [0.3, 0.4) is 0 Å². The van der Waals surface area contributed by atoms with Crippen molar-refractivity contribution in [3.63, 3.8) is 0 Å². The fourth-order valence-corrected chi connectivity index (χ4v) is 6.38. The van der Waals surface area contributed by atoms with Crippen LogP contribution >= 0.6 is 7.82 Å². The predicted molar refractivity (Wildman–Crippen MR) is 219 cm³/mol. The van der Waals surface area contributed by atoms with Gasteiger partial charge in [0.25, 0.3) is 7.82 Å². The zero-order valence-electron chi connectivity index (χ0n) is 34.2. The largest absolute Gasteiger partial charge is 0.756 e. The number of allylic oxidation sites excluding steroid dienone is 7. The maximum atomic E-state index is 12.8. The number of hydrogen-bond acceptors (Lipinski definition) is 6. The summed E-state index contributed by atoms with van der Waals surface area (Å²) in [5.74, 6) is -0.220. The van der Waals surface area contributed by atoms with Gasteiger partial charge in [-0.25, -0.2) is 0 Å². The summed E-state index contributed by atoms with van der Waals surface area (Å²) in [6.45, 7) is 4.47. The summed E-state index contributed by atoms with van der Waals surface area (Å²) in [6.07, 6.45) is 43.2. The van der Waals surface area contributed by atoms with Gasteiger partial charge in [-0.3, -0.25) is 9.36 Å². The van der Waals surface area contributed by atoms with Crippen molar-refractivity contribution in [2.24, 2.45) is 0 Å². The second-order valence-electron chi connectivity index (χ2n) is 15.3. The molecule has 0 aliphatic rings. The van der Waals surface area contributed by atoms with Crippen LogP contribution in [0.4, 0.5) is 0 Å². The monoisotopic (exact) mass is 753 g/mol. The number of nitrogens with zero attached hydrogens (tertiary/aromatic N) is 1. The lowest BCUT2D eigenvalue weighted by molar-refractivity contribution is -0.870. The number of amides is 1. The Morgan fingerprint density at radius 2 is 1.13 bits per heavy atom. The van der Waals surface area contributed by atoms with Crippen LogP contribution in [-0.4, -0.2) is 68.5 Å². The van der Waals surface area contributed by atoms with Gasteiger partial charge in [0, 0.05) is 6.42 Å². The van der Waals surface area contributed by atoms with E-state index >= 15 is 0 Å². The van der Waals surface area contributed by atoms with Crippen LogP contribution in [0.2, 0.25) is 0 Å². The number of aliphatic hydroxyl groups excluding tert-OH is 1. The lowest BCUT2D eigenvalue weighted by atomic mass is 10.1. The van der Waals surface area contributed by atoms with Crippen LogP contribution in [0, 0.1) is 0 Å². The van der Waals surface area contributed by atoms with E-state index in [1.54, 1.807) is 6.08 Å². The van der Waals surface area contributed by atoms with Gasteiger partial charge in [-0.15, -0.1) is 0 Å². The van der Waals surface area contributed by atoms with Crippen LogP contribution in [0.15, 0.2) is 48.6 Å². The molecule has 0 aromatic rings. The Morgan fingerprint density at radius 3 is 1.65 bits per heavy atom. The number of carbonyl (C=O) groups excluding carboxylic acids is 1. The molecule has 0 spiro atoms. The van der Waals surface area contributed by atoms with Crippen molar-refractivity contribution in [1.29, 1.82) is 0 Å². The summed E-state index contributed by atoms with van der Waals surface area (Å²) in [6, 6.07) is -0.909. The topological polar surface area (TPSA) is 108 Å². The molecule has 2 N–H and O–H groups in total. The van der Waals surface area contributed by atoms with Gasteiger partial charge in [-0.1, -0.05) is 146 Å². The van der Waals surface area contributed by atoms with Gasteiger partial charge in [-0.2, -0.15) is 0 Å². The van der Waals surface area contributed by atoms with Crippen LogP contribution in [0.1, 0.15) is 168 Å². The molecule has 3 atom stereocenters. The normalized spacial score (nSPS) is 15.0. The van der Waals surface area contributed by atoms with Gasteiger partial charge in [-0.05, 0) is 64.2 Å². The highest BCUT2D eigenvalue weighted by Crippen LogP contribution is 2.38. The first-order chi connectivity index (χ1) is 25.0. The van der Waals surface area contributed by atoms with Crippen molar-refractivity contribution >= 4 is 13.7 Å². The summed E-state index contributed by atoms with van der Waals surface area (Å²) < 4.78 is 23.1. The summed E-state index contributed by atoms with van der Waals surface area (Å²) >= 11 is 0. The second-order valence-corrected chi connectivity index (χ2v) is 16.7. The van der Waals surface area contributed by atoms with Gasteiger partial charge in [0.1, 0.15) is 13.2 Å². The molecule has 0 bridgehead atoms. The summed E-state index contributed by atoms with van der Waals surface area (Å²) in [7, 11) is 1.22. The molecule has 0 radical (unpaired) electrons. The van der Waals surface area contributed by atoms with Crippen LogP contribution < -0.4 is 10.2 Å². The molecule has 0 saturated heterocycles. The Balaban J connectivity index is 4.38. The van der Waals surface area contributed by atoms with E-state index in [-0.39, 0.29) is 12.5 Å². The van der Waals surface area contributed by atoms with E-state index < -0.39 is 26.6 Å². The number of likely N-dealkylation sites (N-methyl/N-ethyl adjacent to an activating group) is 1. The average Bonchev–Trinajstić information content (AvgIpc) is 3.09. The van der Waals surface area contributed by atoms with Crippen LogP contribution in [-0.2, 0) is 18.4 Å². The molecule has 0 rings (SSSR count). The first kappa shape index (κ1) is 50.5. The summed E-state index contributed by atoms with van der Waals surface area (Å²) in [5, 5.41) is 13.7. The molecule has 9 heteroatoms. The number of nitrogens with one attached hydrogen (secondary N) is 1. The molecule has 0 aliphatic heterocycles. The maximum absolute atomic E-state index is 12.8. The highest BCUT2D eigenvalue weighted by molar-refractivity contribution is 7.45. The van der Waals surface area contributed by atoms with Crippen molar-refractivity contribution in [3.05, 3.63) is 48.6 Å². The number of quaternary nitrogens is 1. The fourth-order valence-electron chi connectivity index (χ4n) is 5.66. The minimum atomic E-state index is -4.59. The molecule has 3 unspecified atom stereocenters. The van der Waals surface area contributed by atoms with E-state index in [1.807, 2.05) is 27.2 Å².